The highest BCUT2D eigenvalue weighted by Gasteiger charge is 2.11. The van der Waals surface area contributed by atoms with Gasteiger partial charge in [-0.05, 0) is 12.1 Å². The summed E-state index contributed by atoms with van der Waals surface area (Å²) in [4.78, 5) is 16.4. The summed E-state index contributed by atoms with van der Waals surface area (Å²) in [5, 5.41) is 16.9. The molecule has 7 heteroatoms. The molecule has 0 atom stereocenters. The molecule has 2 N–H and O–H groups in total. The van der Waals surface area contributed by atoms with Gasteiger partial charge in [0.15, 0.2) is 5.82 Å². The Morgan fingerprint density at radius 3 is 3.00 bits per heavy atom. The number of carbonyl (C=O) groups excluding carboxylic acids is 1. The second-order valence-electron chi connectivity index (χ2n) is 3.89. The Balaban J connectivity index is 1.85. The van der Waals surface area contributed by atoms with Crippen LogP contribution in [0.2, 0.25) is 0 Å². The number of aromatic amines is 1. The van der Waals surface area contributed by atoms with Gasteiger partial charge in [0.1, 0.15) is 0 Å². The van der Waals surface area contributed by atoms with Gasteiger partial charge in [-0.2, -0.15) is 5.21 Å². The quantitative estimate of drug-likeness (QED) is 0.716. The van der Waals surface area contributed by atoms with E-state index in [4.69, 9.17) is 0 Å². The number of fused-ring (bicyclic) bond motifs is 1. The van der Waals surface area contributed by atoms with Gasteiger partial charge >= 0.3 is 0 Å². The Labute approximate surface area is 108 Å². The van der Waals surface area contributed by atoms with Gasteiger partial charge < -0.3 is 5.32 Å². The molecule has 1 aromatic carbocycles. The Morgan fingerprint density at radius 1 is 1.26 bits per heavy atom. The van der Waals surface area contributed by atoms with Crippen molar-refractivity contribution in [1.82, 2.24) is 30.9 Å². The predicted molar refractivity (Wildman–Crippen MR) is 67.1 cm³/mol. The number of amides is 1. The third-order valence-electron chi connectivity index (χ3n) is 2.67. The number of hydrogen-bond donors (Lipinski definition) is 2. The molecule has 3 aromatic rings. The lowest BCUT2D eigenvalue weighted by Crippen LogP contribution is -2.23. The molecule has 0 saturated heterocycles. The van der Waals surface area contributed by atoms with E-state index in [1.165, 1.54) is 0 Å². The van der Waals surface area contributed by atoms with Crippen molar-refractivity contribution in [1.29, 1.82) is 0 Å². The third kappa shape index (κ3) is 2.25. The van der Waals surface area contributed by atoms with Gasteiger partial charge in [0, 0.05) is 11.6 Å². The lowest BCUT2D eigenvalue weighted by molar-refractivity contribution is 0.0951. The van der Waals surface area contributed by atoms with E-state index in [2.05, 4.69) is 30.9 Å². The summed E-state index contributed by atoms with van der Waals surface area (Å²) in [6.07, 6.45) is 1.66. The molecule has 0 aliphatic rings. The molecule has 0 aliphatic heterocycles. The average Bonchev–Trinajstić information content (AvgIpc) is 2.97. The van der Waals surface area contributed by atoms with E-state index in [1.807, 2.05) is 24.3 Å². The van der Waals surface area contributed by atoms with Gasteiger partial charge in [0.25, 0.3) is 5.91 Å². The van der Waals surface area contributed by atoms with Crippen LogP contribution in [0, 0.1) is 0 Å². The third-order valence-corrected chi connectivity index (χ3v) is 2.67. The molecule has 0 fully saturated rings. The summed E-state index contributed by atoms with van der Waals surface area (Å²) < 4.78 is 0. The maximum Gasteiger partial charge on any atom is 0.253 e. The number of tetrazole rings is 1. The van der Waals surface area contributed by atoms with Crippen LogP contribution < -0.4 is 5.32 Å². The van der Waals surface area contributed by atoms with Crippen molar-refractivity contribution in [2.24, 2.45) is 0 Å². The van der Waals surface area contributed by atoms with Crippen molar-refractivity contribution in [3.8, 4) is 0 Å². The van der Waals surface area contributed by atoms with E-state index < -0.39 is 0 Å². The molecule has 94 valence electrons. The second kappa shape index (κ2) is 4.81. The fraction of sp³-hybridized carbons (Fsp3) is 0.0833. The molecule has 2 heterocycles. The number of benzene rings is 1. The molecule has 0 bridgehead atoms. The van der Waals surface area contributed by atoms with E-state index >= 15 is 0 Å². The number of H-pyrrole nitrogens is 1. The van der Waals surface area contributed by atoms with E-state index in [9.17, 15) is 4.79 Å². The molecule has 19 heavy (non-hydrogen) atoms. The van der Waals surface area contributed by atoms with Gasteiger partial charge in [-0.1, -0.05) is 23.4 Å². The summed E-state index contributed by atoms with van der Waals surface area (Å²) in [6, 6.07) is 9.23. The van der Waals surface area contributed by atoms with Crippen molar-refractivity contribution < 1.29 is 4.79 Å². The predicted octanol–water partition coefficient (Wildman–Crippen LogP) is 0.678. The second-order valence-corrected chi connectivity index (χ2v) is 3.89. The van der Waals surface area contributed by atoms with E-state index in [0.717, 1.165) is 5.39 Å². The fourth-order valence-corrected chi connectivity index (χ4v) is 1.80. The largest absolute Gasteiger partial charge is 0.345 e. The van der Waals surface area contributed by atoms with Gasteiger partial charge in [-0.25, -0.2) is 0 Å². The summed E-state index contributed by atoms with van der Waals surface area (Å²) >= 11 is 0. The number of carbonyl (C=O) groups is 1. The zero-order chi connectivity index (χ0) is 13.1. The first-order chi connectivity index (χ1) is 9.34. The molecule has 3 rings (SSSR count). The zero-order valence-electron chi connectivity index (χ0n) is 9.87. The van der Waals surface area contributed by atoms with Crippen LogP contribution >= 0.6 is 0 Å². The van der Waals surface area contributed by atoms with Crippen molar-refractivity contribution in [2.75, 3.05) is 0 Å². The zero-order valence-corrected chi connectivity index (χ0v) is 9.87. The molecular weight excluding hydrogens is 244 g/mol. The maximum absolute atomic E-state index is 12.1. The average molecular weight is 254 g/mol. The molecule has 7 nitrogen and oxygen atoms in total. The number of aromatic nitrogens is 5. The van der Waals surface area contributed by atoms with Gasteiger partial charge in [0.05, 0.1) is 17.6 Å². The smallest absolute Gasteiger partial charge is 0.253 e. The van der Waals surface area contributed by atoms with Crippen LogP contribution in [-0.2, 0) is 6.54 Å². The van der Waals surface area contributed by atoms with Gasteiger partial charge in [0.2, 0.25) is 0 Å². The first-order valence-corrected chi connectivity index (χ1v) is 5.69. The Hall–Kier alpha value is -2.83. The summed E-state index contributed by atoms with van der Waals surface area (Å²) in [5.41, 5.74) is 1.21. The molecule has 0 radical (unpaired) electrons. The highest BCUT2D eigenvalue weighted by atomic mass is 16.1. The van der Waals surface area contributed by atoms with Crippen molar-refractivity contribution in [3.05, 3.63) is 47.9 Å². The van der Waals surface area contributed by atoms with Crippen LogP contribution in [0.4, 0.5) is 0 Å². The SMILES string of the molecule is O=C(NCc1nn[nH]n1)c1cccc2cccnc12. The normalized spacial score (nSPS) is 10.5. The summed E-state index contributed by atoms with van der Waals surface area (Å²) in [5.74, 6) is 0.218. The topological polar surface area (TPSA) is 96.5 Å². The molecule has 0 spiro atoms. The summed E-state index contributed by atoms with van der Waals surface area (Å²) in [6.45, 7) is 0.221. The number of para-hydroxylation sites is 1. The van der Waals surface area contributed by atoms with Crippen LogP contribution in [0.1, 0.15) is 16.2 Å². The minimum absolute atomic E-state index is 0.214. The molecular formula is C12H10N6O. The number of hydrogen-bond acceptors (Lipinski definition) is 5. The number of rotatable bonds is 3. The van der Waals surface area contributed by atoms with Crippen molar-refractivity contribution >= 4 is 16.8 Å². The highest BCUT2D eigenvalue weighted by molar-refractivity contribution is 6.05. The van der Waals surface area contributed by atoms with Crippen LogP contribution in [0.15, 0.2) is 36.5 Å². The number of nitrogens with zero attached hydrogens (tertiary/aromatic N) is 4. The Morgan fingerprint density at radius 2 is 2.16 bits per heavy atom. The lowest BCUT2D eigenvalue weighted by Gasteiger charge is -2.05. The summed E-state index contributed by atoms with van der Waals surface area (Å²) in [7, 11) is 0. The van der Waals surface area contributed by atoms with Crippen LogP contribution in [0.5, 0.6) is 0 Å². The Bertz CT molecular complexity index is 704. The van der Waals surface area contributed by atoms with E-state index in [-0.39, 0.29) is 12.5 Å². The first kappa shape index (κ1) is 11.3. The number of pyridine rings is 1. The van der Waals surface area contributed by atoms with Gasteiger partial charge in [-0.15, -0.1) is 10.2 Å². The number of nitrogens with one attached hydrogen (secondary N) is 2. The first-order valence-electron chi connectivity index (χ1n) is 5.69. The van der Waals surface area contributed by atoms with E-state index in [1.54, 1.807) is 12.3 Å². The molecule has 0 unspecified atom stereocenters. The molecule has 0 saturated carbocycles. The van der Waals surface area contributed by atoms with Crippen molar-refractivity contribution in [3.63, 3.8) is 0 Å². The minimum Gasteiger partial charge on any atom is -0.345 e. The molecule has 2 aromatic heterocycles. The van der Waals surface area contributed by atoms with Gasteiger partial charge in [-0.3, -0.25) is 9.78 Å². The van der Waals surface area contributed by atoms with Crippen molar-refractivity contribution in [2.45, 2.75) is 6.54 Å². The van der Waals surface area contributed by atoms with Crippen LogP contribution in [0.25, 0.3) is 10.9 Å². The van der Waals surface area contributed by atoms with Crippen LogP contribution in [0.3, 0.4) is 0 Å². The molecule has 1 amide bonds. The highest BCUT2D eigenvalue weighted by Crippen LogP contribution is 2.15. The minimum atomic E-state index is -0.214. The standard InChI is InChI=1S/C12H10N6O/c19-12(14-7-10-15-17-18-16-10)9-5-1-3-8-4-2-6-13-11(8)9/h1-6H,7H2,(H,14,19)(H,15,16,17,18). The van der Waals surface area contributed by atoms with E-state index in [0.29, 0.717) is 16.9 Å². The molecule has 0 aliphatic carbocycles. The lowest BCUT2D eigenvalue weighted by atomic mass is 10.1. The van der Waals surface area contributed by atoms with Crippen LogP contribution in [-0.4, -0.2) is 31.5 Å². The monoisotopic (exact) mass is 254 g/mol. The maximum atomic E-state index is 12.1. The Kier molecular flexibility index (Phi) is 2.85. The fourth-order valence-electron chi connectivity index (χ4n) is 1.80.